The van der Waals surface area contributed by atoms with Crippen molar-refractivity contribution in [2.75, 3.05) is 27.4 Å². The van der Waals surface area contributed by atoms with E-state index in [0.29, 0.717) is 24.8 Å². The van der Waals surface area contributed by atoms with Crippen LogP contribution in [0, 0.1) is 5.92 Å². The zero-order valence-electron chi connectivity index (χ0n) is 13.1. The molecular formula is C16H26N2O2. The molecule has 0 saturated heterocycles. The Balaban J connectivity index is 1.96. The molecule has 20 heavy (non-hydrogen) atoms. The van der Waals surface area contributed by atoms with Gasteiger partial charge < -0.3 is 19.7 Å². The van der Waals surface area contributed by atoms with Gasteiger partial charge in [0.1, 0.15) is 0 Å². The third-order valence-electron chi connectivity index (χ3n) is 3.96. The topological polar surface area (TPSA) is 33.7 Å². The van der Waals surface area contributed by atoms with Crippen LogP contribution in [0.15, 0.2) is 18.2 Å². The Morgan fingerprint density at radius 1 is 1.15 bits per heavy atom. The second-order valence-corrected chi connectivity index (χ2v) is 6.02. The first-order chi connectivity index (χ1) is 9.49. The zero-order chi connectivity index (χ0) is 14.7. The molecule has 1 N–H and O–H groups in total. The summed E-state index contributed by atoms with van der Waals surface area (Å²) in [6.45, 7) is 8.01. The van der Waals surface area contributed by atoms with Gasteiger partial charge in [-0.1, -0.05) is 19.9 Å². The average molecular weight is 278 g/mol. The van der Waals surface area contributed by atoms with E-state index in [2.05, 4.69) is 57.2 Å². The lowest BCUT2D eigenvalue weighted by atomic mass is 10.0. The van der Waals surface area contributed by atoms with E-state index in [0.717, 1.165) is 18.0 Å². The Morgan fingerprint density at radius 3 is 2.50 bits per heavy atom. The fraction of sp³-hybridized carbons (Fsp3) is 0.625. The molecule has 1 aromatic rings. The molecule has 0 spiro atoms. The van der Waals surface area contributed by atoms with Crippen molar-refractivity contribution in [3.05, 3.63) is 23.8 Å². The summed E-state index contributed by atoms with van der Waals surface area (Å²) in [5.74, 6) is 2.32. The smallest absolute Gasteiger partial charge is 0.231 e. The third kappa shape index (κ3) is 3.44. The lowest BCUT2D eigenvalue weighted by Crippen LogP contribution is -2.42. The van der Waals surface area contributed by atoms with Crippen LogP contribution in [-0.4, -0.2) is 38.4 Å². The second-order valence-electron chi connectivity index (χ2n) is 6.02. The summed E-state index contributed by atoms with van der Waals surface area (Å²) in [4.78, 5) is 2.28. The number of hydrogen-bond acceptors (Lipinski definition) is 4. The molecule has 0 aliphatic carbocycles. The highest BCUT2D eigenvalue weighted by Crippen LogP contribution is 2.34. The third-order valence-corrected chi connectivity index (χ3v) is 3.96. The van der Waals surface area contributed by atoms with Gasteiger partial charge in [0.15, 0.2) is 11.5 Å². The Labute approximate surface area is 122 Å². The highest BCUT2D eigenvalue weighted by Gasteiger charge is 2.18. The van der Waals surface area contributed by atoms with Gasteiger partial charge in [0.25, 0.3) is 0 Å². The van der Waals surface area contributed by atoms with E-state index in [4.69, 9.17) is 9.47 Å². The van der Waals surface area contributed by atoms with Crippen molar-refractivity contribution in [1.29, 1.82) is 0 Å². The van der Waals surface area contributed by atoms with E-state index in [9.17, 15) is 0 Å². The summed E-state index contributed by atoms with van der Waals surface area (Å²) in [5, 5.41) is 3.61. The molecule has 4 nitrogen and oxygen atoms in total. The van der Waals surface area contributed by atoms with Gasteiger partial charge in [-0.25, -0.2) is 0 Å². The minimum Gasteiger partial charge on any atom is -0.454 e. The van der Waals surface area contributed by atoms with Gasteiger partial charge in [0, 0.05) is 18.6 Å². The van der Waals surface area contributed by atoms with Gasteiger partial charge in [-0.15, -0.1) is 0 Å². The van der Waals surface area contributed by atoms with Crippen molar-refractivity contribution >= 4 is 0 Å². The maximum atomic E-state index is 5.43. The van der Waals surface area contributed by atoms with E-state index in [1.54, 1.807) is 0 Å². The first-order valence-corrected chi connectivity index (χ1v) is 7.28. The quantitative estimate of drug-likeness (QED) is 0.867. The van der Waals surface area contributed by atoms with Gasteiger partial charge in [0.2, 0.25) is 6.79 Å². The number of benzene rings is 1. The molecule has 2 atom stereocenters. The molecule has 0 bridgehead atoms. The largest absolute Gasteiger partial charge is 0.454 e. The molecule has 112 valence electrons. The van der Waals surface area contributed by atoms with Crippen LogP contribution < -0.4 is 14.8 Å². The molecule has 0 radical (unpaired) electrons. The first kappa shape index (κ1) is 15.1. The second kappa shape index (κ2) is 6.46. The van der Waals surface area contributed by atoms with Crippen LogP contribution in [-0.2, 0) is 0 Å². The van der Waals surface area contributed by atoms with Gasteiger partial charge in [-0.2, -0.15) is 0 Å². The monoisotopic (exact) mass is 278 g/mol. The van der Waals surface area contributed by atoms with Crippen LogP contribution in [0.25, 0.3) is 0 Å². The van der Waals surface area contributed by atoms with E-state index >= 15 is 0 Å². The minimum atomic E-state index is 0.297. The van der Waals surface area contributed by atoms with E-state index in [1.165, 1.54) is 5.56 Å². The van der Waals surface area contributed by atoms with Gasteiger partial charge in [0.05, 0.1) is 0 Å². The summed E-state index contributed by atoms with van der Waals surface area (Å²) in [6.07, 6.45) is 0. The van der Waals surface area contributed by atoms with Crippen LogP contribution in [0.3, 0.4) is 0 Å². The number of nitrogens with zero attached hydrogens (tertiary/aromatic N) is 1. The number of rotatable bonds is 6. The highest BCUT2D eigenvalue weighted by atomic mass is 16.7. The molecule has 1 aliphatic rings. The summed E-state index contributed by atoms with van der Waals surface area (Å²) in [6, 6.07) is 6.99. The Morgan fingerprint density at radius 2 is 1.85 bits per heavy atom. The molecule has 1 aliphatic heterocycles. The molecule has 0 amide bonds. The number of nitrogens with one attached hydrogen (secondary N) is 1. The lowest BCUT2D eigenvalue weighted by molar-refractivity contribution is 0.174. The predicted octanol–water partition coefficient (Wildman–Crippen LogP) is 2.65. The molecule has 2 unspecified atom stereocenters. The molecule has 1 heterocycles. The van der Waals surface area contributed by atoms with Gasteiger partial charge in [-0.05, 0) is 44.6 Å². The SMILES string of the molecule is CC(NCC(C(C)C)N(C)C)c1ccc2c(c1)OCO2. The molecule has 0 fully saturated rings. The Hall–Kier alpha value is -1.26. The maximum absolute atomic E-state index is 5.43. The summed E-state index contributed by atoms with van der Waals surface area (Å²) in [7, 11) is 4.27. The number of fused-ring (bicyclic) bond motifs is 1. The van der Waals surface area contributed by atoms with E-state index in [1.807, 2.05) is 6.07 Å². The summed E-state index contributed by atoms with van der Waals surface area (Å²) in [5.41, 5.74) is 1.23. The summed E-state index contributed by atoms with van der Waals surface area (Å²) >= 11 is 0. The van der Waals surface area contributed by atoms with Crippen molar-refractivity contribution in [3.8, 4) is 11.5 Å². The van der Waals surface area contributed by atoms with Crippen molar-refractivity contribution in [3.63, 3.8) is 0 Å². The van der Waals surface area contributed by atoms with E-state index in [-0.39, 0.29) is 0 Å². The number of likely N-dealkylation sites (N-methyl/N-ethyl adjacent to an activating group) is 1. The normalized spacial score (nSPS) is 16.8. The molecular weight excluding hydrogens is 252 g/mol. The number of ether oxygens (including phenoxy) is 2. The lowest BCUT2D eigenvalue weighted by Gasteiger charge is -2.29. The fourth-order valence-corrected chi connectivity index (χ4v) is 2.61. The van der Waals surface area contributed by atoms with Crippen LogP contribution >= 0.6 is 0 Å². The van der Waals surface area contributed by atoms with Crippen molar-refractivity contribution in [2.45, 2.75) is 32.9 Å². The Kier molecular flexibility index (Phi) is 4.89. The van der Waals surface area contributed by atoms with Crippen LogP contribution in [0.1, 0.15) is 32.4 Å². The van der Waals surface area contributed by atoms with Crippen molar-refractivity contribution < 1.29 is 9.47 Å². The minimum absolute atomic E-state index is 0.297. The standard InChI is InChI=1S/C16H26N2O2/c1-11(2)14(18(4)5)9-17-12(3)13-6-7-15-16(8-13)20-10-19-15/h6-8,11-12,14,17H,9-10H2,1-5H3. The first-order valence-electron chi connectivity index (χ1n) is 7.28. The van der Waals surface area contributed by atoms with E-state index < -0.39 is 0 Å². The average Bonchev–Trinajstić information content (AvgIpc) is 2.84. The van der Waals surface area contributed by atoms with Crippen molar-refractivity contribution in [2.24, 2.45) is 5.92 Å². The van der Waals surface area contributed by atoms with Crippen LogP contribution in [0.4, 0.5) is 0 Å². The Bertz CT molecular complexity index is 438. The zero-order valence-corrected chi connectivity index (χ0v) is 13.1. The molecule has 2 rings (SSSR count). The highest BCUT2D eigenvalue weighted by molar-refractivity contribution is 5.45. The maximum Gasteiger partial charge on any atom is 0.231 e. The fourth-order valence-electron chi connectivity index (χ4n) is 2.61. The molecule has 4 heteroatoms. The van der Waals surface area contributed by atoms with Gasteiger partial charge >= 0.3 is 0 Å². The predicted molar refractivity (Wildman–Crippen MR) is 81.3 cm³/mol. The molecule has 0 aromatic heterocycles. The number of hydrogen-bond donors (Lipinski definition) is 1. The summed E-state index contributed by atoms with van der Waals surface area (Å²) < 4.78 is 10.8. The molecule has 0 saturated carbocycles. The van der Waals surface area contributed by atoms with Crippen LogP contribution in [0.5, 0.6) is 11.5 Å². The van der Waals surface area contributed by atoms with Gasteiger partial charge in [-0.3, -0.25) is 0 Å². The van der Waals surface area contributed by atoms with Crippen LogP contribution in [0.2, 0.25) is 0 Å². The van der Waals surface area contributed by atoms with Crippen molar-refractivity contribution in [1.82, 2.24) is 10.2 Å². The molecule has 1 aromatic carbocycles.